The van der Waals surface area contributed by atoms with E-state index in [1.54, 1.807) is 18.4 Å². The van der Waals surface area contributed by atoms with Crippen molar-refractivity contribution in [2.45, 2.75) is 19.4 Å². The Labute approximate surface area is 118 Å². The average molecular weight is 304 g/mol. The van der Waals surface area contributed by atoms with Gasteiger partial charge in [0.15, 0.2) is 0 Å². The van der Waals surface area contributed by atoms with Crippen molar-refractivity contribution < 1.29 is 13.5 Å². The lowest BCUT2D eigenvalue weighted by atomic mass is 10.0. The van der Waals surface area contributed by atoms with Gasteiger partial charge >= 0.3 is 0 Å². The lowest BCUT2D eigenvalue weighted by Crippen LogP contribution is -2.46. The summed E-state index contributed by atoms with van der Waals surface area (Å²) in [5.74, 6) is 0.0682. The maximum absolute atomic E-state index is 12.4. The number of nitrogens with zero attached hydrogens (tertiary/aromatic N) is 2. The first-order chi connectivity index (χ1) is 9.04. The molecule has 0 bridgehead atoms. The maximum atomic E-state index is 12.4. The van der Waals surface area contributed by atoms with Crippen molar-refractivity contribution >= 4 is 21.5 Å². The highest BCUT2D eigenvalue weighted by Gasteiger charge is 2.31. The highest BCUT2D eigenvalue weighted by Crippen LogP contribution is 2.22. The van der Waals surface area contributed by atoms with Crippen molar-refractivity contribution in [3.05, 3.63) is 22.4 Å². The molecular weight excluding hydrogens is 284 g/mol. The van der Waals surface area contributed by atoms with Crippen molar-refractivity contribution in [1.29, 1.82) is 0 Å². The molecule has 1 aliphatic rings. The van der Waals surface area contributed by atoms with Crippen LogP contribution in [0.1, 0.15) is 17.7 Å². The van der Waals surface area contributed by atoms with E-state index < -0.39 is 10.2 Å². The Bertz CT molecular complexity index is 487. The lowest BCUT2D eigenvalue weighted by Gasteiger charge is -2.33. The molecule has 1 fully saturated rings. The molecule has 2 heterocycles. The molecule has 5 nitrogen and oxygen atoms in total. The molecule has 0 radical (unpaired) electrons. The van der Waals surface area contributed by atoms with E-state index in [0.717, 1.165) is 17.7 Å². The van der Waals surface area contributed by atoms with E-state index in [2.05, 4.69) is 0 Å². The Morgan fingerprint density at radius 2 is 2.37 bits per heavy atom. The number of rotatable bonds is 5. The van der Waals surface area contributed by atoms with Crippen LogP contribution in [0.5, 0.6) is 0 Å². The molecular formula is C12H20N2O3S2. The molecule has 0 saturated carbocycles. The third-order valence-electron chi connectivity index (χ3n) is 3.42. The second kappa shape index (κ2) is 6.32. The number of aliphatic hydroxyl groups excluding tert-OH is 1. The topological polar surface area (TPSA) is 60.9 Å². The van der Waals surface area contributed by atoms with Crippen molar-refractivity contribution in [1.82, 2.24) is 8.61 Å². The molecule has 0 amide bonds. The number of piperidine rings is 1. The predicted octanol–water partition coefficient (Wildman–Crippen LogP) is 1.13. The van der Waals surface area contributed by atoms with E-state index in [9.17, 15) is 13.5 Å². The minimum absolute atomic E-state index is 0.0562. The molecule has 19 heavy (non-hydrogen) atoms. The van der Waals surface area contributed by atoms with E-state index in [1.165, 1.54) is 8.61 Å². The summed E-state index contributed by atoms with van der Waals surface area (Å²) in [6.07, 6.45) is 1.72. The average Bonchev–Trinajstić information content (AvgIpc) is 2.91. The zero-order valence-corrected chi connectivity index (χ0v) is 12.7. The van der Waals surface area contributed by atoms with Crippen molar-refractivity contribution in [2.24, 2.45) is 5.92 Å². The van der Waals surface area contributed by atoms with Crippen LogP contribution in [0.15, 0.2) is 17.5 Å². The molecule has 1 aromatic heterocycles. The van der Waals surface area contributed by atoms with Crippen LogP contribution < -0.4 is 0 Å². The number of hydrogen-bond donors (Lipinski definition) is 1. The summed E-state index contributed by atoms with van der Waals surface area (Å²) < 4.78 is 27.8. The number of hydrogen-bond acceptors (Lipinski definition) is 4. The molecule has 2 rings (SSSR count). The summed E-state index contributed by atoms with van der Waals surface area (Å²) in [6.45, 7) is 1.43. The van der Waals surface area contributed by atoms with Crippen LogP contribution >= 0.6 is 11.3 Å². The minimum Gasteiger partial charge on any atom is -0.396 e. The van der Waals surface area contributed by atoms with E-state index in [-0.39, 0.29) is 12.5 Å². The molecule has 0 aliphatic carbocycles. The first-order valence-corrected chi connectivity index (χ1v) is 8.66. The Morgan fingerprint density at radius 1 is 1.58 bits per heavy atom. The first-order valence-electron chi connectivity index (χ1n) is 6.38. The molecule has 1 saturated heterocycles. The molecule has 7 heteroatoms. The van der Waals surface area contributed by atoms with E-state index in [4.69, 9.17) is 0 Å². The SMILES string of the molecule is CN(Cc1cccs1)S(=O)(=O)N1CCCC(CO)C1. The van der Waals surface area contributed by atoms with Crippen molar-refractivity contribution in [3.63, 3.8) is 0 Å². The molecule has 1 N–H and O–H groups in total. The van der Waals surface area contributed by atoms with Crippen LogP contribution in [-0.2, 0) is 16.8 Å². The molecule has 108 valence electrons. The van der Waals surface area contributed by atoms with Gasteiger partial charge in [0.25, 0.3) is 10.2 Å². The Balaban J connectivity index is 2.04. The van der Waals surface area contributed by atoms with Gasteiger partial charge in [-0.25, -0.2) is 0 Å². The summed E-state index contributed by atoms with van der Waals surface area (Å²) in [4.78, 5) is 1.03. The Hall–Kier alpha value is -0.470. The van der Waals surface area contributed by atoms with Gasteiger partial charge in [-0.3, -0.25) is 0 Å². The third-order valence-corrected chi connectivity index (χ3v) is 6.18. The van der Waals surface area contributed by atoms with Gasteiger partial charge in [0.1, 0.15) is 0 Å². The van der Waals surface area contributed by atoms with Gasteiger partial charge in [-0.15, -0.1) is 11.3 Å². The van der Waals surface area contributed by atoms with Gasteiger partial charge in [0.2, 0.25) is 0 Å². The summed E-state index contributed by atoms with van der Waals surface area (Å²) in [5, 5.41) is 11.1. The second-order valence-electron chi connectivity index (χ2n) is 4.89. The zero-order valence-electron chi connectivity index (χ0n) is 11.0. The highest BCUT2D eigenvalue weighted by molar-refractivity contribution is 7.86. The molecule has 0 spiro atoms. The van der Waals surface area contributed by atoms with Crippen molar-refractivity contribution in [3.8, 4) is 0 Å². The van der Waals surface area contributed by atoms with Crippen LogP contribution in [0.2, 0.25) is 0 Å². The second-order valence-corrected chi connectivity index (χ2v) is 7.96. The molecule has 1 atom stereocenters. The van der Waals surface area contributed by atoms with Gasteiger partial charge in [-0.05, 0) is 30.2 Å². The van der Waals surface area contributed by atoms with Gasteiger partial charge < -0.3 is 5.11 Å². The summed E-state index contributed by atoms with van der Waals surface area (Å²) in [7, 11) is -1.81. The third kappa shape index (κ3) is 3.55. The van der Waals surface area contributed by atoms with E-state index >= 15 is 0 Å². The van der Waals surface area contributed by atoms with E-state index in [1.807, 2.05) is 17.5 Å². The first kappa shape index (κ1) is 14.9. The minimum atomic E-state index is -3.42. The smallest absolute Gasteiger partial charge is 0.282 e. The largest absolute Gasteiger partial charge is 0.396 e. The summed E-state index contributed by atoms with van der Waals surface area (Å²) >= 11 is 1.55. The fraction of sp³-hybridized carbons (Fsp3) is 0.667. The van der Waals surface area contributed by atoms with E-state index in [0.29, 0.717) is 19.6 Å². The maximum Gasteiger partial charge on any atom is 0.282 e. The number of aliphatic hydroxyl groups is 1. The van der Waals surface area contributed by atoms with Gasteiger partial charge in [-0.1, -0.05) is 6.07 Å². The molecule has 0 aromatic carbocycles. The van der Waals surface area contributed by atoms with Crippen LogP contribution in [0.25, 0.3) is 0 Å². The van der Waals surface area contributed by atoms with Crippen LogP contribution in [0, 0.1) is 5.92 Å². The molecule has 1 unspecified atom stereocenters. The standard InChI is InChI=1S/C12H20N2O3S2/c1-13(9-12-5-3-7-18-12)19(16,17)14-6-2-4-11(8-14)10-15/h3,5,7,11,15H,2,4,6,8-10H2,1H3. The molecule has 1 aromatic rings. The van der Waals surface area contributed by atoms with Gasteiger partial charge in [0.05, 0.1) is 0 Å². The van der Waals surface area contributed by atoms with Crippen molar-refractivity contribution in [2.75, 3.05) is 26.7 Å². The predicted molar refractivity (Wildman–Crippen MR) is 76.1 cm³/mol. The number of thiophene rings is 1. The summed E-state index contributed by atoms with van der Waals surface area (Å²) in [6, 6.07) is 3.85. The Kier molecular flexibility index (Phi) is 4.97. The van der Waals surface area contributed by atoms with Crippen LogP contribution in [-0.4, -0.2) is 48.9 Å². The zero-order chi connectivity index (χ0) is 13.9. The van der Waals surface area contributed by atoms with Gasteiger partial charge in [-0.2, -0.15) is 17.0 Å². The fourth-order valence-electron chi connectivity index (χ4n) is 2.29. The van der Waals surface area contributed by atoms with Crippen LogP contribution in [0.4, 0.5) is 0 Å². The quantitative estimate of drug-likeness (QED) is 0.887. The summed E-state index contributed by atoms with van der Waals surface area (Å²) in [5.41, 5.74) is 0. The monoisotopic (exact) mass is 304 g/mol. The Morgan fingerprint density at radius 3 is 3.00 bits per heavy atom. The van der Waals surface area contributed by atoms with Gasteiger partial charge in [0, 0.05) is 38.2 Å². The normalized spacial score (nSPS) is 21.9. The fourth-order valence-corrected chi connectivity index (χ4v) is 4.58. The lowest BCUT2D eigenvalue weighted by molar-refractivity contribution is 0.161. The van der Waals surface area contributed by atoms with Crippen LogP contribution in [0.3, 0.4) is 0 Å². The highest BCUT2D eigenvalue weighted by atomic mass is 32.2. The molecule has 1 aliphatic heterocycles.